The lowest BCUT2D eigenvalue weighted by atomic mass is 10.1. The van der Waals surface area contributed by atoms with Gasteiger partial charge < -0.3 is 15.4 Å². The van der Waals surface area contributed by atoms with Crippen molar-refractivity contribution in [1.82, 2.24) is 5.32 Å². The SMILES string of the molecule is CCCNC(C(=O)Nc1ccc(OC)cc1)c1ccccc1. The minimum absolute atomic E-state index is 0.0650. The maximum atomic E-state index is 12.6. The van der Waals surface area contributed by atoms with Crippen molar-refractivity contribution in [2.75, 3.05) is 19.0 Å². The molecule has 1 amide bonds. The molecule has 2 aromatic carbocycles. The molecular formula is C18H22N2O2. The molecule has 0 saturated heterocycles. The number of benzene rings is 2. The molecule has 0 spiro atoms. The van der Waals surface area contributed by atoms with Crippen molar-refractivity contribution in [2.45, 2.75) is 19.4 Å². The number of hydrogen-bond donors (Lipinski definition) is 2. The number of rotatable bonds is 7. The van der Waals surface area contributed by atoms with Crippen LogP contribution in [0.2, 0.25) is 0 Å². The zero-order valence-corrected chi connectivity index (χ0v) is 13.0. The normalized spacial score (nSPS) is 11.7. The molecule has 4 heteroatoms. The van der Waals surface area contributed by atoms with Crippen LogP contribution in [0, 0.1) is 0 Å². The van der Waals surface area contributed by atoms with Crippen LogP contribution in [0.5, 0.6) is 5.75 Å². The van der Waals surface area contributed by atoms with Crippen LogP contribution in [-0.2, 0) is 4.79 Å². The topological polar surface area (TPSA) is 50.4 Å². The summed E-state index contributed by atoms with van der Waals surface area (Å²) >= 11 is 0. The molecule has 0 fully saturated rings. The Morgan fingerprint density at radius 1 is 1.09 bits per heavy atom. The van der Waals surface area contributed by atoms with Gasteiger partial charge in [0.15, 0.2) is 0 Å². The van der Waals surface area contributed by atoms with E-state index in [9.17, 15) is 4.79 Å². The predicted molar refractivity (Wildman–Crippen MR) is 89.1 cm³/mol. The van der Waals surface area contributed by atoms with Crippen molar-refractivity contribution in [2.24, 2.45) is 0 Å². The molecule has 0 saturated carbocycles. The van der Waals surface area contributed by atoms with Crippen molar-refractivity contribution < 1.29 is 9.53 Å². The van der Waals surface area contributed by atoms with E-state index in [0.717, 1.165) is 30.0 Å². The second kappa shape index (κ2) is 8.20. The largest absolute Gasteiger partial charge is 0.497 e. The summed E-state index contributed by atoms with van der Waals surface area (Å²) in [4.78, 5) is 12.6. The van der Waals surface area contributed by atoms with Crippen molar-refractivity contribution in [3.63, 3.8) is 0 Å². The highest BCUT2D eigenvalue weighted by atomic mass is 16.5. The van der Waals surface area contributed by atoms with Crippen LogP contribution >= 0.6 is 0 Å². The Hall–Kier alpha value is -2.33. The van der Waals surface area contributed by atoms with Gasteiger partial charge in [-0.25, -0.2) is 0 Å². The van der Waals surface area contributed by atoms with Gasteiger partial charge in [0.05, 0.1) is 7.11 Å². The van der Waals surface area contributed by atoms with Crippen molar-refractivity contribution in [3.05, 3.63) is 60.2 Å². The van der Waals surface area contributed by atoms with E-state index in [-0.39, 0.29) is 11.9 Å². The number of carbonyl (C=O) groups is 1. The molecule has 0 bridgehead atoms. The Balaban J connectivity index is 2.10. The van der Waals surface area contributed by atoms with E-state index in [1.165, 1.54) is 0 Å². The molecule has 0 aromatic heterocycles. The summed E-state index contributed by atoms with van der Waals surface area (Å²) in [5.74, 6) is 0.700. The quantitative estimate of drug-likeness (QED) is 0.824. The van der Waals surface area contributed by atoms with E-state index < -0.39 is 0 Å². The summed E-state index contributed by atoms with van der Waals surface area (Å²) in [7, 11) is 1.62. The highest BCUT2D eigenvalue weighted by molar-refractivity contribution is 5.95. The molecule has 0 radical (unpaired) electrons. The zero-order chi connectivity index (χ0) is 15.8. The molecule has 2 N–H and O–H groups in total. The monoisotopic (exact) mass is 298 g/mol. The van der Waals surface area contributed by atoms with E-state index in [4.69, 9.17) is 4.74 Å². The molecule has 0 aliphatic rings. The predicted octanol–water partition coefficient (Wildman–Crippen LogP) is 3.37. The van der Waals surface area contributed by atoms with Crippen molar-refractivity contribution in [1.29, 1.82) is 0 Å². The highest BCUT2D eigenvalue weighted by Crippen LogP contribution is 2.18. The third kappa shape index (κ3) is 4.33. The Morgan fingerprint density at radius 2 is 1.77 bits per heavy atom. The fraction of sp³-hybridized carbons (Fsp3) is 0.278. The van der Waals surface area contributed by atoms with Gasteiger partial charge >= 0.3 is 0 Å². The second-order valence-corrected chi connectivity index (χ2v) is 5.02. The number of hydrogen-bond acceptors (Lipinski definition) is 3. The van der Waals surface area contributed by atoms with Crippen LogP contribution in [0.25, 0.3) is 0 Å². The zero-order valence-electron chi connectivity index (χ0n) is 13.0. The van der Waals surface area contributed by atoms with E-state index in [2.05, 4.69) is 17.6 Å². The van der Waals surface area contributed by atoms with E-state index in [0.29, 0.717) is 0 Å². The average Bonchev–Trinajstić information content (AvgIpc) is 2.57. The number of amides is 1. The highest BCUT2D eigenvalue weighted by Gasteiger charge is 2.19. The van der Waals surface area contributed by atoms with Crippen molar-refractivity contribution >= 4 is 11.6 Å². The van der Waals surface area contributed by atoms with Crippen LogP contribution in [0.15, 0.2) is 54.6 Å². The summed E-state index contributed by atoms with van der Waals surface area (Å²) < 4.78 is 5.12. The second-order valence-electron chi connectivity index (χ2n) is 5.02. The molecule has 0 heterocycles. The maximum Gasteiger partial charge on any atom is 0.246 e. The minimum Gasteiger partial charge on any atom is -0.497 e. The number of carbonyl (C=O) groups excluding carboxylic acids is 1. The van der Waals surface area contributed by atoms with E-state index in [1.54, 1.807) is 7.11 Å². The molecule has 0 aliphatic heterocycles. The molecule has 1 unspecified atom stereocenters. The molecular weight excluding hydrogens is 276 g/mol. The lowest BCUT2D eigenvalue weighted by Gasteiger charge is -2.18. The van der Waals surface area contributed by atoms with E-state index >= 15 is 0 Å². The lowest BCUT2D eigenvalue weighted by Crippen LogP contribution is -2.33. The van der Waals surface area contributed by atoms with Gasteiger partial charge in [-0.1, -0.05) is 37.3 Å². The van der Waals surface area contributed by atoms with Crippen LogP contribution < -0.4 is 15.4 Å². The Labute approximate surface area is 131 Å². The van der Waals surface area contributed by atoms with E-state index in [1.807, 2.05) is 54.6 Å². The maximum absolute atomic E-state index is 12.6. The van der Waals surface area contributed by atoms with Gasteiger partial charge in [0.25, 0.3) is 0 Å². The number of anilines is 1. The minimum atomic E-state index is -0.358. The van der Waals surface area contributed by atoms with Gasteiger partial charge in [-0.3, -0.25) is 4.79 Å². The Bertz CT molecular complexity index is 582. The standard InChI is InChI=1S/C18H22N2O2/c1-3-13-19-17(14-7-5-4-6-8-14)18(21)20-15-9-11-16(22-2)12-10-15/h4-12,17,19H,3,13H2,1-2H3,(H,20,21). The van der Waals surface area contributed by atoms with Gasteiger partial charge in [-0.05, 0) is 42.8 Å². The third-order valence-corrected chi connectivity index (χ3v) is 3.35. The van der Waals surface area contributed by atoms with Gasteiger partial charge in [0.1, 0.15) is 11.8 Å². The first-order chi connectivity index (χ1) is 10.7. The number of nitrogens with one attached hydrogen (secondary N) is 2. The molecule has 22 heavy (non-hydrogen) atoms. The third-order valence-electron chi connectivity index (χ3n) is 3.35. The van der Waals surface area contributed by atoms with Crippen molar-refractivity contribution in [3.8, 4) is 5.75 Å². The first-order valence-corrected chi connectivity index (χ1v) is 7.48. The number of methoxy groups -OCH3 is 1. The van der Waals surface area contributed by atoms with Gasteiger partial charge in [0.2, 0.25) is 5.91 Å². The Morgan fingerprint density at radius 3 is 2.36 bits per heavy atom. The van der Waals surface area contributed by atoms with Gasteiger partial charge in [-0.15, -0.1) is 0 Å². The fourth-order valence-corrected chi connectivity index (χ4v) is 2.18. The first kappa shape index (κ1) is 16.0. The smallest absolute Gasteiger partial charge is 0.246 e. The van der Waals surface area contributed by atoms with Crippen LogP contribution in [-0.4, -0.2) is 19.6 Å². The van der Waals surface area contributed by atoms with Gasteiger partial charge in [-0.2, -0.15) is 0 Å². The fourth-order valence-electron chi connectivity index (χ4n) is 2.18. The molecule has 2 rings (SSSR count). The summed E-state index contributed by atoms with van der Waals surface area (Å²) in [5, 5.41) is 6.24. The number of ether oxygens (including phenoxy) is 1. The molecule has 0 aliphatic carbocycles. The summed E-state index contributed by atoms with van der Waals surface area (Å²) in [6.45, 7) is 2.87. The lowest BCUT2D eigenvalue weighted by molar-refractivity contribution is -0.118. The summed E-state index contributed by atoms with van der Waals surface area (Å²) in [5.41, 5.74) is 1.71. The summed E-state index contributed by atoms with van der Waals surface area (Å²) in [6.07, 6.45) is 0.971. The molecule has 1 atom stereocenters. The Kier molecular flexibility index (Phi) is 5.98. The average molecular weight is 298 g/mol. The first-order valence-electron chi connectivity index (χ1n) is 7.48. The molecule has 2 aromatic rings. The van der Waals surface area contributed by atoms with Crippen LogP contribution in [0.1, 0.15) is 24.9 Å². The molecule has 4 nitrogen and oxygen atoms in total. The van der Waals surface area contributed by atoms with Gasteiger partial charge in [0, 0.05) is 5.69 Å². The van der Waals surface area contributed by atoms with Crippen LogP contribution in [0.4, 0.5) is 5.69 Å². The van der Waals surface area contributed by atoms with Crippen LogP contribution in [0.3, 0.4) is 0 Å². The molecule has 116 valence electrons. The summed E-state index contributed by atoms with van der Waals surface area (Å²) in [6, 6.07) is 16.7.